The maximum absolute atomic E-state index is 13.5. The number of unbranched alkanes of at least 4 members (excludes halogenated alkanes) is 1. The molecular formula is C24H36F2N4O2. The van der Waals surface area contributed by atoms with E-state index in [1.165, 1.54) is 19.1 Å². The van der Waals surface area contributed by atoms with Gasteiger partial charge in [0.25, 0.3) is 0 Å². The molecule has 8 heteroatoms. The van der Waals surface area contributed by atoms with Gasteiger partial charge in [0.2, 0.25) is 5.91 Å². The van der Waals surface area contributed by atoms with Crippen molar-refractivity contribution in [3.05, 3.63) is 53.9 Å². The van der Waals surface area contributed by atoms with E-state index in [9.17, 15) is 18.7 Å². The third-order valence-corrected chi connectivity index (χ3v) is 5.62. The van der Waals surface area contributed by atoms with Crippen molar-refractivity contribution in [3.8, 4) is 0 Å². The van der Waals surface area contributed by atoms with Crippen LogP contribution in [0.1, 0.15) is 58.4 Å². The molecule has 32 heavy (non-hydrogen) atoms. The van der Waals surface area contributed by atoms with E-state index >= 15 is 0 Å². The van der Waals surface area contributed by atoms with Gasteiger partial charge in [-0.3, -0.25) is 9.48 Å². The second-order valence-corrected chi connectivity index (χ2v) is 8.24. The van der Waals surface area contributed by atoms with Gasteiger partial charge < -0.3 is 15.7 Å². The van der Waals surface area contributed by atoms with Crippen molar-refractivity contribution >= 4 is 5.91 Å². The van der Waals surface area contributed by atoms with Gasteiger partial charge in [0.05, 0.1) is 12.1 Å². The molecule has 1 fully saturated rings. The summed E-state index contributed by atoms with van der Waals surface area (Å²) in [6.45, 7) is 6.56. The molecule has 178 valence electrons. The van der Waals surface area contributed by atoms with Crippen molar-refractivity contribution < 1.29 is 18.7 Å². The number of benzene rings is 1. The fourth-order valence-corrected chi connectivity index (χ4v) is 3.83. The first kappa shape index (κ1) is 25.9. The molecule has 1 aliphatic rings. The Morgan fingerprint density at radius 2 is 1.91 bits per heavy atom. The Morgan fingerprint density at radius 1 is 1.22 bits per heavy atom. The van der Waals surface area contributed by atoms with Crippen molar-refractivity contribution in [3.63, 3.8) is 0 Å². The predicted octanol–water partition coefficient (Wildman–Crippen LogP) is 3.59. The van der Waals surface area contributed by atoms with E-state index in [4.69, 9.17) is 0 Å². The van der Waals surface area contributed by atoms with E-state index in [0.717, 1.165) is 44.7 Å². The van der Waals surface area contributed by atoms with Crippen LogP contribution < -0.4 is 10.6 Å². The molecular weight excluding hydrogens is 414 g/mol. The summed E-state index contributed by atoms with van der Waals surface area (Å²) in [6, 6.07) is 4.53. The lowest BCUT2D eigenvalue weighted by Crippen LogP contribution is -2.50. The molecule has 3 rings (SSSR count). The number of hydrogen-bond acceptors (Lipinski definition) is 4. The Labute approximate surface area is 189 Å². The molecule has 0 spiro atoms. The number of aliphatic hydroxyl groups excluding tert-OH is 1. The molecule has 3 N–H and O–H groups in total. The number of carbonyl (C=O) groups is 1. The molecule has 2 unspecified atom stereocenters. The molecule has 1 amide bonds. The smallest absolute Gasteiger partial charge is 0.217 e. The summed E-state index contributed by atoms with van der Waals surface area (Å²) in [7, 11) is 0. The van der Waals surface area contributed by atoms with Crippen LogP contribution in [0.15, 0.2) is 36.7 Å². The molecule has 0 bridgehead atoms. The summed E-state index contributed by atoms with van der Waals surface area (Å²) >= 11 is 0. The Balaban J connectivity index is 0.00000176. The van der Waals surface area contributed by atoms with Gasteiger partial charge >= 0.3 is 0 Å². The molecule has 2 aromatic rings. The molecule has 1 heterocycles. The van der Waals surface area contributed by atoms with Crippen molar-refractivity contribution in [1.82, 2.24) is 20.4 Å². The van der Waals surface area contributed by atoms with E-state index in [0.29, 0.717) is 12.1 Å². The molecule has 0 saturated heterocycles. The van der Waals surface area contributed by atoms with Gasteiger partial charge in [0.15, 0.2) is 0 Å². The fraction of sp³-hybridized carbons (Fsp3) is 0.583. The average Bonchev–Trinajstić information content (AvgIpc) is 3.32. The second kappa shape index (κ2) is 12.6. The standard InChI is InChI=1S/C22H30F2N4O2.C2H6/c1-16(29)27-20(13-17-11-18(23)14-19(24)12-17)21(30)15-25-22(6-7-22)5-2-3-9-28-10-4-8-26-28;1-2/h4,8,10-12,14,20-21,25,30H,2-3,5-7,9,13,15H2,1H3,(H,27,29);1-2H3. The predicted molar refractivity (Wildman–Crippen MR) is 121 cm³/mol. The van der Waals surface area contributed by atoms with Gasteiger partial charge in [0.1, 0.15) is 11.6 Å². The number of nitrogens with zero attached hydrogens (tertiary/aromatic N) is 2. The minimum atomic E-state index is -0.873. The highest BCUT2D eigenvalue weighted by atomic mass is 19.1. The topological polar surface area (TPSA) is 79.2 Å². The summed E-state index contributed by atoms with van der Waals surface area (Å²) in [6.07, 6.45) is 8.22. The van der Waals surface area contributed by atoms with Gasteiger partial charge in [-0.15, -0.1) is 0 Å². The van der Waals surface area contributed by atoms with E-state index < -0.39 is 23.8 Å². The monoisotopic (exact) mass is 450 g/mol. The molecule has 0 aliphatic heterocycles. The molecule has 2 atom stereocenters. The summed E-state index contributed by atoms with van der Waals surface area (Å²) in [5.74, 6) is -1.65. The summed E-state index contributed by atoms with van der Waals surface area (Å²) in [5.41, 5.74) is 0.432. The zero-order valence-corrected chi connectivity index (χ0v) is 19.3. The SMILES string of the molecule is CC.CC(=O)NC(Cc1cc(F)cc(F)c1)C(O)CNC1(CCCCn2cccn2)CC1. The highest BCUT2D eigenvalue weighted by Gasteiger charge is 2.41. The van der Waals surface area contributed by atoms with Crippen molar-refractivity contribution in [2.45, 2.75) is 83.5 Å². The Hall–Kier alpha value is -2.32. The van der Waals surface area contributed by atoms with Crippen LogP contribution in [-0.4, -0.2) is 45.0 Å². The molecule has 1 aromatic heterocycles. The van der Waals surface area contributed by atoms with Gasteiger partial charge in [-0.25, -0.2) is 8.78 Å². The number of nitrogens with one attached hydrogen (secondary N) is 2. The molecule has 0 radical (unpaired) electrons. The Morgan fingerprint density at radius 3 is 2.47 bits per heavy atom. The first-order valence-electron chi connectivity index (χ1n) is 11.5. The van der Waals surface area contributed by atoms with Crippen LogP contribution in [-0.2, 0) is 17.8 Å². The van der Waals surface area contributed by atoms with Crippen LogP contribution in [0.2, 0.25) is 0 Å². The maximum atomic E-state index is 13.5. The van der Waals surface area contributed by atoms with Gasteiger partial charge in [-0.05, 0) is 62.3 Å². The second-order valence-electron chi connectivity index (χ2n) is 8.24. The number of halogens is 2. The average molecular weight is 451 g/mol. The van der Waals surface area contributed by atoms with E-state index in [-0.39, 0.29) is 17.9 Å². The first-order valence-corrected chi connectivity index (χ1v) is 11.5. The minimum Gasteiger partial charge on any atom is -0.390 e. The van der Waals surface area contributed by atoms with Gasteiger partial charge in [-0.1, -0.05) is 13.8 Å². The highest BCUT2D eigenvalue weighted by Crippen LogP contribution is 2.40. The van der Waals surface area contributed by atoms with E-state index in [1.807, 2.05) is 30.8 Å². The van der Waals surface area contributed by atoms with Crippen LogP contribution in [0.3, 0.4) is 0 Å². The van der Waals surface area contributed by atoms with Crippen LogP contribution in [0.25, 0.3) is 0 Å². The zero-order chi connectivity index (χ0) is 23.6. The fourth-order valence-electron chi connectivity index (χ4n) is 3.83. The van der Waals surface area contributed by atoms with Gasteiger partial charge in [-0.2, -0.15) is 5.10 Å². The van der Waals surface area contributed by atoms with Crippen molar-refractivity contribution in [2.24, 2.45) is 0 Å². The number of aryl methyl sites for hydroxylation is 1. The number of carbonyl (C=O) groups excluding carboxylic acids is 1. The number of aromatic nitrogens is 2. The number of hydrogen-bond donors (Lipinski definition) is 3. The quantitative estimate of drug-likeness (QED) is 0.432. The number of aliphatic hydroxyl groups is 1. The van der Waals surface area contributed by atoms with Gasteiger partial charge in [0, 0.05) is 44.0 Å². The molecule has 1 aromatic carbocycles. The highest BCUT2D eigenvalue weighted by molar-refractivity contribution is 5.73. The summed E-state index contributed by atoms with van der Waals surface area (Å²) in [5, 5.41) is 21.0. The van der Waals surface area contributed by atoms with Crippen LogP contribution in [0.4, 0.5) is 8.78 Å². The maximum Gasteiger partial charge on any atom is 0.217 e. The van der Waals surface area contributed by atoms with Crippen LogP contribution in [0, 0.1) is 11.6 Å². The Bertz CT molecular complexity index is 805. The number of β-amino-alcohol motifs (C(OH)–C–C–N with tert-alkyl or cyclic N) is 1. The molecule has 6 nitrogen and oxygen atoms in total. The molecule has 1 aliphatic carbocycles. The third kappa shape index (κ3) is 8.67. The lowest BCUT2D eigenvalue weighted by molar-refractivity contribution is -0.120. The molecule has 1 saturated carbocycles. The van der Waals surface area contributed by atoms with Crippen molar-refractivity contribution in [1.29, 1.82) is 0 Å². The van der Waals surface area contributed by atoms with Crippen LogP contribution in [0.5, 0.6) is 0 Å². The minimum absolute atomic E-state index is 0.0385. The third-order valence-electron chi connectivity index (χ3n) is 5.62. The number of amides is 1. The summed E-state index contributed by atoms with van der Waals surface area (Å²) in [4.78, 5) is 11.6. The number of rotatable bonds is 12. The van der Waals surface area contributed by atoms with E-state index in [1.54, 1.807) is 6.20 Å². The van der Waals surface area contributed by atoms with Crippen molar-refractivity contribution in [2.75, 3.05) is 6.54 Å². The Kier molecular flexibility index (Phi) is 10.3. The lowest BCUT2D eigenvalue weighted by atomic mass is 10.00. The van der Waals surface area contributed by atoms with E-state index in [2.05, 4.69) is 15.7 Å². The largest absolute Gasteiger partial charge is 0.390 e. The van der Waals surface area contributed by atoms with Crippen LogP contribution >= 0.6 is 0 Å². The lowest BCUT2D eigenvalue weighted by Gasteiger charge is -2.27. The normalized spacial score (nSPS) is 15.9. The zero-order valence-electron chi connectivity index (χ0n) is 19.3. The summed E-state index contributed by atoms with van der Waals surface area (Å²) < 4.78 is 28.9. The first-order chi connectivity index (χ1) is 15.3.